The Morgan fingerprint density at radius 1 is 1.19 bits per heavy atom. The van der Waals surface area contributed by atoms with Crippen molar-refractivity contribution in [3.8, 4) is 0 Å². The summed E-state index contributed by atoms with van der Waals surface area (Å²) in [5, 5.41) is 4.84. The average Bonchev–Trinajstić information content (AvgIpc) is 2.61. The second-order valence-electron chi connectivity index (χ2n) is 8.05. The van der Waals surface area contributed by atoms with E-state index in [1.54, 1.807) is 6.20 Å². The van der Waals surface area contributed by atoms with E-state index in [1.807, 2.05) is 12.1 Å². The van der Waals surface area contributed by atoms with Gasteiger partial charge in [-0.2, -0.15) is 0 Å². The first-order chi connectivity index (χ1) is 12.8. The zero-order chi connectivity index (χ0) is 19.6. The van der Waals surface area contributed by atoms with E-state index in [1.165, 1.54) is 5.56 Å². The van der Waals surface area contributed by atoms with Crippen LogP contribution in [0.1, 0.15) is 33.3 Å². The van der Waals surface area contributed by atoms with Gasteiger partial charge in [-0.25, -0.2) is 4.98 Å². The molecule has 0 amide bonds. The molecular formula is C21H27ClN4S. The number of thiocarbonyl (C=S) groups is 1. The molecule has 1 saturated heterocycles. The fourth-order valence-corrected chi connectivity index (χ4v) is 3.94. The Labute approximate surface area is 172 Å². The maximum atomic E-state index is 6.30. The lowest BCUT2D eigenvalue weighted by atomic mass is 9.87. The van der Waals surface area contributed by atoms with Crippen LogP contribution < -0.4 is 10.2 Å². The molecule has 27 heavy (non-hydrogen) atoms. The number of hydrogen-bond acceptors (Lipinski definition) is 3. The number of rotatable bonds is 2. The predicted molar refractivity (Wildman–Crippen MR) is 119 cm³/mol. The standard InChI is InChI=1S/C21H27ClN4S/c1-15-14-25(19-18(22)6-5-11-23-19)12-13-26(15)20(27)24-17-9-7-16(8-10-17)21(2,3)4/h5-11,15H,12-14H2,1-4H3,(H,24,27). The summed E-state index contributed by atoms with van der Waals surface area (Å²) in [5.41, 5.74) is 2.49. The van der Waals surface area contributed by atoms with Crippen LogP contribution in [0.25, 0.3) is 0 Å². The van der Waals surface area contributed by atoms with Crippen molar-refractivity contribution in [3.05, 3.63) is 53.2 Å². The number of hydrogen-bond donors (Lipinski definition) is 1. The molecular weight excluding hydrogens is 376 g/mol. The van der Waals surface area contributed by atoms with Gasteiger partial charge in [0.2, 0.25) is 0 Å². The summed E-state index contributed by atoms with van der Waals surface area (Å²) in [5.74, 6) is 0.849. The highest BCUT2D eigenvalue weighted by Crippen LogP contribution is 2.26. The van der Waals surface area contributed by atoms with Crippen LogP contribution >= 0.6 is 23.8 Å². The topological polar surface area (TPSA) is 31.4 Å². The lowest BCUT2D eigenvalue weighted by Crippen LogP contribution is -2.55. The second kappa shape index (κ2) is 8.03. The summed E-state index contributed by atoms with van der Waals surface area (Å²) in [4.78, 5) is 8.89. The van der Waals surface area contributed by atoms with Gasteiger partial charge in [-0.3, -0.25) is 0 Å². The van der Waals surface area contributed by atoms with Gasteiger partial charge in [0.05, 0.1) is 5.02 Å². The number of benzene rings is 1. The van der Waals surface area contributed by atoms with Crippen LogP contribution in [0, 0.1) is 0 Å². The Kier molecular flexibility index (Phi) is 5.92. The maximum Gasteiger partial charge on any atom is 0.173 e. The minimum absolute atomic E-state index is 0.149. The molecule has 0 bridgehead atoms. The summed E-state index contributed by atoms with van der Waals surface area (Å²) in [7, 11) is 0. The molecule has 1 unspecified atom stereocenters. The van der Waals surface area contributed by atoms with Crippen molar-refractivity contribution in [2.45, 2.75) is 39.2 Å². The fourth-order valence-electron chi connectivity index (χ4n) is 3.31. The molecule has 6 heteroatoms. The third kappa shape index (κ3) is 4.71. The van der Waals surface area contributed by atoms with E-state index >= 15 is 0 Å². The van der Waals surface area contributed by atoms with Crippen LogP contribution in [0.2, 0.25) is 5.02 Å². The van der Waals surface area contributed by atoms with Gasteiger partial charge in [0, 0.05) is 37.6 Å². The Bertz CT molecular complexity index is 801. The number of aromatic nitrogens is 1. The van der Waals surface area contributed by atoms with Gasteiger partial charge in [-0.1, -0.05) is 44.5 Å². The summed E-state index contributed by atoms with van der Waals surface area (Å²) >= 11 is 12.0. The molecule has 0 spiro atoms. The largest absolute Gasteiger partial charge is 0.352 e. The van der Waals surface area contributed by atoms with E-state index in [4.69, 9.17) is 23.8 Å². The molecule has 2 heterocycles. The molecule has 1 fully saturated rings. The molecule has 3 rings (SSSR count). The van der Waals surface area contributed by atoms with Crippen molar-refractivity contribution in [3.63, 3.8) is 0 Å². The lowest BCUT2D eigenvalue weighted by Gasteiger charge is -2.41. The van der Waals surface area contributed by atoms with Gasteiger partial charge >= 0.3 is 0 Å². The van der Waals surface area contributed by atoms with Gasteiger partial charge in [-0.15, -0.1) is 0 Å². The van der Waals surface area contributed by atoms with Gasteiger partial charge in [0.1, 0.15) is 5.82 Å². The minimum Gasteiger partial charge on any atom is -0.352 e. The first-order valence-electron chi connectivity index (χ1n) is 9.29. The summed E-state index contributed by atoms with van der Waals surface area (Å²) in [6.07, 6.45) is 1.78. The molecule has 1 atom stereocenters. The zero-order valence-corrected chi connectivity index (χ0v) is 17.9. The van der Waals surface area contributed by atoms with Crippen molar-refractivity contribution < 1.29 is 0 Å². The van der Waals surface area contributed by atoms with Crippen molar-refractivity contribution in [2.24, 2.45) is 0 Å². The molecule has 2 aromatic rings. The second-order valence-corrected chi connectivity index (χ2v) is 8.85. The average molecular weight is 403 g/mol. The number of nitrogens with zero attached hydrogens (tertiary/aromatic N) is 3. The number of anilines is 2. The van der Waals surface area contributed by atoms with Crippen molar-refractivity contribution >= 4 is 40.4 Å². The normalized spacial score (nSPS) is 17.7. The van der Waals surface area contributed by atoms with Crippen LogP contribution in [-0.4, -0.2) is 40.7 Å². The van der Waals surface area contributed by atoms with Gasteiger partial charge in [-0.05, 0) is 54.4 Å². The Hall–Kier alpha value is -1.85. The van der Waals surface area contributed by atoms with Crippen LogP contribution in [0.15, 0.2) is 42.6 Å². The van der Waals surface area contributed by atoms with E-state index in [0.29, 0.717) is 5.02 Å². The van der Waals surface area contributed by atoms with Crippen molar-refractivity contribution in [2.75, 3.05) is 29.9 Å². The zero-order valence-electron chi connectivity index (χ0n) is 16.4. The number of pyridine rings is 1. The Balaban J connectivity index is 1.62. The van der Waals surface area contributed by atoms with E-state index in [-0.39, 0.29) is 11.5 Å². The monoisotopic (exact) mass is 402 g/mol. The van der Waals surface area contributed by atoms with E-state index in [0.717, 1.165) is 36.3 Å². The van der Waals surface area contributed by atoms with Crippen LogP contribution in [0.4, 0.5) is 11.5 Å². The first-order valence-corrected chi connectivity index (χ1v) is 10.1. The lowest BCUT2D eigenvalue weighted by molar-refractivity contribution is 0.301. The highest BCUT2D eigenvalue weighted by Gasteiger charge is 2.27. The van der Waals surface area contributed by atoms with E-state index < -0.39 is 0 Å². The smallest absolute Gasteiger partial charge is 0.173 e. The third-order valence-electron chi connectivity index (χ3n) is 4.93. The number of piperazine rings is 1. The molecule has 144 valence electrons. The van der Waals surface area contributed by atoms with Gasteiger partial charge < -0.3 is 15.1 Å². The molecule has 1 aromatic heterocycles. The Morgan fingerprint density at radius 2 is 1.89 bits per heavy atom. The summed E-state index contributed by atoms with van der Waals surface area (Å²) in [6, 6.07) is 12.5. The summed E-state index contributed by atoms with van der Waals surface area (Å²) < 4.78 is 0. The van der Waals surface area contributed by atoms with Gasteiger partial charge in [0.25, 0.3) is 0 Å². The quantitative estimate of drug-likeness (QED) is 0.719. The fraction of sp³-hybridized carbons (Fsp3) is 0.429. The highest BCUT2D eigenvalue weighted by atomic mass is 35.5. The van der Waals surface area contributed by atoms with Crippen LogP contribution in [0.3, 0.4) is 0 Å². The minimum atomic E-state index is 0.149. The van der Waals surface area contributed by atoms with Crippen molar-refractivity contribution in [1.82, 2.24) is 9.88 Å². The third-order valence-corrected chi connectivity index (χ3v) is 5.56. The highest BCUT2D eigenvalue weighted by molar-refractivity contribution is 7.80. The van der Waals surface area contributed by atoms with E-state index in [2.05, 4.69) is 72.1 Å². The molecule has 0 radical (unpaired) electrons. The molecule has 0 aliphatic carbocycles. The summed E-state index contributed by atoms with van der Waals surface area (Å²) in [6.45, 7) is 11.3. The predicted octanol–water partition coefficient (Wildman–Crippen LogP) is 4.94. The van der Waals surface area contributed by atoms with Gasteiger partial charge in [0.15, 0.2) is 5.11 Å². The molecule has 0 saturated carbocycles. The van der Waals surface area contributed by atoms with Crippen LogP contribution in [-0.2, 0) is 5.41 Å². The molecule has 4 nitrogen and oxygen atoms in total. The van der Waals surface area contributed by atoms with Crippen LogP contribution in [0.5, 0.6) is 0 Å². The molecule has 1 aliphatic heterocycles. The number of nitrogens with one attached hydrogen (secondary N) is 1. The van der Waals surface area contributed by atoms with Crippen molar-refractivity contribution in [1.29, 1.82) is 0 Å². The number of halogens is 1. The first kappa shape index (κ1) is 19.9. The Morgan fingerprint density at radius 3 is 2.48 bits per heavy atom. The molecule has 1 aromatic carbocycles. The molecule has 1 aliphatic rings. The maximum absolute atomic E-state index is 6.30. The van der Waals surface area contributed by atoms with E-state index in [9.17, 15) is 0 Å². The molecule has 1 N–H and O–H groups in total. The SMILES string of the molecule is CC1CN(c2ncccc2Cl)CCN1C(=S)Nc1ccc(C(C)(C)C)cc1.